The number of hydrogen-bond donors (Lipinski definition) is 1. The Kier molecular flexibility index (Phi) is 4.44. The molecule has 5 heteroatoms. The molecule has 0 spiro atoms. The van der Waals surface area contributed by atoms with Crippen molar-refractivity contribution in [1.29, 1.82) is 0 Å². The van der Waals surface area contributed by atoms with Crippen molar-refractivity contribution < 1.29 is 8.42 Å². The van der Waals surface area contributed by atoms with Gasteiger partial charge >= 0.3 is 0 Å². The molecule has 2 aliphatic heterocycles. The third kappa shape index (κ3) is 4.23. The summed E-state index contributed by atoms with van der Waals surface area (Å²) in [5.41, 5.74) is 0. The fraction of sp³-hybridized carbons (Fsp3) is 1.00. The first-order valence-electron chi connectivity index (χ1n) is 6.69. The zero-order valence-corrected chi connectivity index (χ0v) is 11.5. The smallest absolute Gasteiger partial charge is 0.151 e. The SMILES string of the molecule is CC1CN(CC2CCNCC2)CCS(=O)(=O)C1. The molecule has 0 aromatic carbocycles. The summed E-state index contributed by atoms with van der Waals surface area (Å²) >= 11 is 0. The lowest BCUT2D eigenvalue weighted by Gasteiger charge is -2.29. The van der Waals surface area contributed by atoms with Crippen molar-refractivity contribution in [3.63, 3.8) is 0 Å². The Labute approximate surface area is 105 Å². The maximum atomic E-state index is 11.7. The van der Waals surface area contributed by atoms with Crippen molar-refractivity contribution in [2.24, 2.45) is 11.8 Å². The van der Waals surface area contributed by atoms with Gasteiger partial charge in [-0.1, -0.05) is 6.92 Å². The molecule has 1 unspecified atom stereocenters. The summed E-state index contributed by atoms with van der Waals surface area (Å²) in [7, 11) is -2.80. The van der Waals surface area contributed by atoms with Gasteiger partial charge in [0.05, 0.1) is 11.5 Å². The molecular formula is C12H24N2O2S. The topological polar surface area (TPSA) is 49.4 Å². The zero-order chi connectivity index (χ0) is 12.3. The second-order valence-electron chi connectivity index (χ2n) is 5.67. The van der Waals surface area contributed by atoms with Crippen LogP contribution in [-0.4, -0.2) is 57.5 Å². The maximum Gasteiger partial charge on any atom is 0.151 e. The van der Waals surface area contributed by atoms with Crippen LogP contribution in [0.4, 0.5) is 0 Å². The van der Waals surface area contributed by atoms with Crippen molar-refractivity contribution in [1.82, 2.24) is 10.2 Å². The van der Waals surface area contributed by atoms with Crippen molar-refractivity contribution in [2.45, 2.75) is 19.8 Å². The van der Waals surface area contributed by atoms with Crippen LogP contribution in [0.1, 0.15) is 19.8 Å². The Balaban J connectivity index is 1.88. The third-order valence-electron chi connectivity index (χ3n) is 3.80. The number of hydrogen-bond acceptors (Lipinski definition) is 4. The van der Waals surface area contributed by atoms with Crippen LogP contribution in [0, 0.1) is 11.8 Å². The van der Waals surface area contributed by atoms with E-state index in [0.29, 0.717) is 11.5 Å². The van der Waals surface area contributed by atoms with E-state index in [4.69, 9.17) is 0 Å². The highest BCUT2D eigenvalue weighted by Crippen LogP contribution is 2.17. The minimum Gasteiger partial charge on any atom is -0.317 e. The van der Waals surface area contributed by atoms with E-state index >= 15 is 0 Å². The fourth-order valence-corrected chi connectivity index (χ4v) is 4.64. The molecule has 2 heterocycles. The van der Waals surface area contributed by atoms with Crippen LogP contribution in [0.3, 0.4) is 0 Å². The zero-order valence-electron chi connectivity index (χ0n) is 10.7. The van der Waals surface area contributed by atoms with E-state index in [1.54, 1.807) is 0 Å². The van der Waals surface area contributed by atoms with Crippen LogP contribution in [0.5, 0.6) is 0 Å². The Morgan fingerprint density at radius 2 is 2.00 bits per heavy atom. The molecule has 0 aliphatic carbocycles. The minimum atomic E-state index is -2.80. The molecule has 4 nitrogen and oxygen atoms in total. The van der Waals surface area contributed by atoms with E-state index in [9.17, 15) is 8.42 Å². The Hall–Kier alpha value is -0.130. The Morgan fingerprint density at radius 3 is 2.71 bits per heavy atom. The van der Waals surface area contributed by atoms with E-state index < -0.39 is 9.84 Å². The van der Waals surface area contributed by atoms with Gasteiger partial charge in [0.15, 0.2) is 9.84 Å². The van der Waals surface area contributed by atoms with Crippen molar-refractivity contribution in [3.8, 4) is 0 Å². The molecule has 0 radical (unpaired) electrons. The van der Waals surface area contributed by atoms with E-state index in [1.807, 2.05) is 0 Å². The molecule has 2 saturated heterocycles. The molecule has 0 saturated carbocycles. The predicted octanol–water partition coefficient (Wildman–Crippen LogP) is 0.353. The first-order valence-corrected chi connectivity index (χ1v) is 8.51. The molecule has 100 valence electrons. The first-order chi connectivity index (χ1) is 8.05. The van der Waals surface area contributed by atoms with E-state index in [2.05, 4.69) is 17.1 Å². The van der Waals surface area contributed by atoms with Gasteiger partial charge in [-0.05, 0) is 37.8 Å². The lowest BCUT2D eigenvalue weighted by Crippen LogP contribution is -2.38. The number of sulfone groups is 1. The minimum absolute atomic E-state index is 0.282. The van der Waals surface area contributed by atoms with Gasteiger partial charge < -0.3 is 10.2 Å². The van der Waals surface area contributed by atoms with E-state index in [0.717, 1.165) is 38.6 Å². The monoisotopic (exact) mass is 260 g/mol. The molecular weight excluding hydrogens is 236 g/mol. The summed E-state index contributed by atoms with van der Waals surface area (Å²) in [6.45, 7) is 7.05. The molecule has 1 atom stereocenters. The van der Waals surface area contributed by atoms with Gasteiger partial charge in [0.2, 0.25) is 0 Å². The highest BCUT2D eigenvalue weighted by molar-refractivity contribution is 7.91. The lowest BCUT2D eigenvalue weighted by atomic mass is 9.97. The highest BCUT2D eigenvalue weighted by Gasteiger charge is 2.26. The average Bonchev–Trinajstić information content (AvgIpc) is 2.38. The summed E-state index contributed by atoms with van der Waals surface area (Å²) in [4.78, 5) is 2.37. The van der Waals surface area contributed by atoms with Gasteiger partial charge in [0.1, 0.15) is 0 Å². The van der Waals surface area contributed by atoms with E-state index in [1.165, 1.54) is 12.8 Å². The Morgan fingerprint density at radius 1 is 1.29 bits per heavy atom. The quantitative estimate of drug-likeness (QED) is 0.778. The first kappa shape index (κ1) is 13.3. The molecule has 0 aromatic rings. The normalized spacial score (nSPS) is 32.2. The second kappa shape index (κ2) is 5.67. The number of piperidine rings is 1. The molecule has 2 fully saturated rings. The van der Waals surface area contributed by atoms with Crippen LogP contribution in [0.2, 0.25) is 0 Å². The summed E-state index contributed by atoms with van der Waals surface area (Å²) in [6, 6.07) is 0. The van der Waals surface area contributed by atoms with Crippen LogP contribution in [0.25, 0.3) is 0 Å². The van der Waals surface area contributed by atoms with Gasteiger partial charge in [-0.25, -0.2) is 8.42 Å². The van der Waals surface area contributed by atoms with Crippen LogP contribution < -0.4 is 5.32 Å². The summed E-state index contributed by atoms with van der Waals surface area (Å²) in [5, 5.41) is 3.37. The van der Waals surface area contributed by atoms with Crippen LogP contribution >= 0.6 is 0 Å². The predicted molar refractivity (Wildman–Crippen MR) is 69.9 cm³/mol. The number of rotatable bonds is 2. The molecule has 0 bridgehead atoms. The molecule has 0 amide bonds. The summed E-state index contributed by atoms with van der Waals surface area (Å²) in [6.07, 6.45) is 2.47. The van der Waals surface area contributed by atoms with Gasteiger partial charge in [-0.3, -0.25) is 0 Å². The highest BCUT2D eigenvalue weighted by atomic mass is 32.2. The largest absolute Gasteiger partial charge is 0.317 e. The van der Waals surface area contributed by atoms with E-state index in [-0.39, 0.29) is 5.92 Å². The summed E-state index contributed by atoms with van der Waals surface area (Å²) < 4.78 is 23.4. The average molecular weight is 260 g/mol. The van der Waals surface area contributed by atoms with Crippen molar-refractivity contribution in [2.75, 3.05) is 44.2 Å². The van der Waals surface area contributed by atoms with Gasteiger partial charge in [-0.2, -0.15) is 0 Å². The van der Waals surface area contributed by atoms with Crippen molar-refractivity contribution in [3.05, 3.63) is 0 Å². The standard InChI is InChI=1S/C12H24N2O2S/c1-11-8-14(6-7-17(15,16)10-11)9-12-2-4-13-5-3-12/h11-13H,2-10H2,1H3. The van der Waals surface area contributed by atoms with Crippen molar-refractivity contribution >= 4 is 9.84 Å². The molecule has 1 N–H and O–H groups in total. The number of nitrogens with one attached hydrogen (secondary N) is 1. The third-order valence-corrected chi connectivity index (χ3v) is 5.68. The van der Waals surface area contributed by atoms with Gasteiger partial charge in [0.25, 0.3) is 0 Å². The molecule has 0 aromatic heterocycles. The lowest BCUT2D eigenvalue weighted by molar-refractivity contribution is 0.201. The summed E-state index contributed by atoms with van der Waals surface area (Å²) in [5.74, 6) is 1.76. The number of nitrogens with zero attached hydrogens (tertiary/aromatic N) is 1. The fourth-order valence-electron chi connectivity index (χ4n) is 2.97. The molecule has 2 aliphatic rings. The maximum absolute atomic E-state index is 11.7. The Bertz CT molecular complexity index is 336. The molecule has 2 rings (SSSR count). The van der Waals surface area contributed by atoms with Gasteiger partial charge in [-0.15, -0.1) is 0 Å². The molecule has 17 heavy (non-hydrogen) atoms. The van der Waals surface area contributed by atoms with Gasteiger partial charge in [0, 0.05) is 19.6 Å². The van der Waals surface area contributed by atoms with Crippen LogP contribution in [0.15, 0.2) is 0 Å². The second-order valence-corrected chi connectivity index (χ2v) is 7.90. The van der Waals surface area contributed by atoms with Crippen LogP contribution in [-0.2, 0) is 9.84 Å².